The van der Waals surface area contributed by atoms with E-state index in [1.165, 1.54) is 12.0 Å². The first-order chi connectivity index (χ1) is 7.58. The van der Waals surface area contributed by atoms with Crippen LogP contribution in [-0.4, -0.2) is 12.6 Å². The summed E-state index contributed by atoms with van der Waals surface area (Å²) in [6, 6.07) is 6.70. The van der Waals surface area contributed by atoms with Crippen molar-refractivity contribution in [3.63, 3.8) is 0 Å². The van der Waals surface area contributed by atoms with Crippen molar-refractivity contribution < 1.29 is 0 Å². The molecular formula is C13H17BrClN. The molecule has 0 bridgehead atoms. The highest BCUT2D eigenvalue weighted by Crippen LogP contribution is 2.49. The minimum absolute atomic E-state index is 0.569. The van der Waals surface area contributed by atoms with E-state index in [-0.39, 0.29) is 0 Å². The zero-order valence-corrected chi connectivity index (χ0v) is 12.0. The van der Waals surface area contributed by atoms with Crippen LogP contribution in [0.25, 0.3) is 0 Å². The molecule has 0 aliphatic heterocycles. The number of halogens is 2. The molecule has 1 nitrogen and oxygen atoms in total. The second kappa shape index (κ2) is 5.07. The van der Waals surface area contributed by atoms with E-state index >= 15 is 0 Å². The van der Waals surface area contributed by atoms with Crippen LogP contribution in [0, 0.1) is 5.92 Å². The molecule has 2 rings (SSSR count). The number of hydrogen-bond acceptors (Lipinski definition) is 1. The third-order valence-corrected chi connectivity index (χ3v) is 3.91. The third-order valence-electron chi connectivity index (χ3n) is 3.07. The van der Waals surface area contributed by atoms with Crippen LogP contribution < -0.4 is 5.32 Å². The zero-order valence-electron chi connectivity index (χ0n) is 9.63. The fraction of sp³-hybridized carbons (Fsp3) is 0.538. The summed E-state index contributed by atoms with van der Waals surface area (Å²) in [5.74, 6) is 1.41. The standard InChI is InChI=1S/C13H17BrClN/c1-8(2)16-7-9-5-11(9)12-6-10(14)3-4-13(12)15/h3-4,6,8-9,11,16H,5,7H2,1-2H3. The van der Waals surface area contributed by atoms with Crippen molar-refractivity contribution >= 4 is 27.5 Å². The van der Waals surface area contributed by atoms with E-state index in [2.05, 4.69) is 41.2 Å². The Balaban J connectivity index is 1.97. The molecule has 0 aromatic heterocycles. The maximum atomic E-state index is 6.22. The van der Waals surface area contributed by atoms with Gasteiger partial charge >= 0.3 is 0 Å². The molecule has 1 fully saturated rings. The minimum Gasteiger partial charge on any atom is -0.314 e. The monoisotopic (exact) mass is 301 g/mol. The number of rotatable bonds is 4. The predicted octanol–water partition coefficient (Wildman–Crippen LogP) is 4.20. The van der Waals surface area contributed by atoms with Crippen molar-refractivity contribution in [2.75, 3.05) is 6.54 Å². The van der Waals surface area contributed by atoms with Crippen molar-refractivity contribution in [3.05, 3.63) is 33.3 Å². The van der Waals surface area contributed by atoms with Crippen LogP contribution >= 0.6 is 27.5 Å². The van der Waals surface area contributed by atoms with E-state index in [9.17, 15) is 0 Å². The molecule has 0 spiro atoms. The molecule has 0 radical (unpaired) electrons. The Morgan fingerprint density at radius 2 is 2.25 bits per heavy atom. The van der Waals surface area contributed by atoms with Gasteiger partial charge in [0.15, 0.2) is 0 Å². The van der Waals surface area contributed by atoms with Gasteiger partial charge in [-0.2, -0.15) is 0 Å². The van der Waals surface area contributed by atoms with Crippen molar-refractivity contribution in [3.8, 4) is 0 Å². The highest BCUT2D eigenvalue weighted by atomic mass is 79.9. The molecule has 3 heteroatoms. The van der Waals surface area contributed by atoms with Gasteiger partial charge in [-0.3, -0.25) is 0 Å². The van der Waals surface area contributed by atoms with Gasteiger partial charge in [-0.15, -0.1) is 0 Å². The Morgan fingerprint density at radius 1 is 1.50 bits per heavy atom. The fourth-order valence-electron chi connectivity index (χ4n) is 2.04. The lowest BCUT2D eigenvalue weighted by Gasteiger charge is -2.08. The maximum Gasteiger partial charge on any atom is 0.0441 e. The van der Waals surface area contributed by atoms with Crippen LogP contribution in [0.2, 0.25) is 5.02 Å². The van der Waals surface area contributed by atoms with Gasteiger partial charge in [-0.1, -0.05) is 41.4 Å². The van der Waals surface area contributed by atoms with Gasteiger partial charge < -0.3 is 5.32 Å². The van der Waals surface area contributed by atoms with Gasteiger partial charge in [-0.25, -0.2) is 0 Å². The summed E-state index contributed by atoms with van der Waals surface area (Å²) < 4.78 is 1.12. The maximum absolute atomic E-state index is 6.22. The van der Waals surface area contributed by atoms with E-state index in [0.29, 0.717) is 12.0 Å². The van der Waals surface area contributed by atoms with Crippen LogP contribution in [0.4, 0.5) is 0 Å². The minimum atomic E-state index is 0.569. The summed E-state index contributed by atoms with van der Waals surface area (Å²) in [4.78, 5) is 0. The van der Waals surface area contributed by atoms with Crippen LogP contribution in [0.3, 0.4) is 0 Å². The summed E-state index contributed by atoms with van der Waals surface area (Å²) in [5, 5.41) is 4.39. The summed E-state index contributed by atoms with van der Waals surface area (Å²) in [6.07, 6.45) is 1.26. The van der Waals surface area contributed by atoms with Gasteiger partial charge in [0.25, 0.3) is 0 Å². The van der Waals surface area contributed by atoms with Crippen molar-refractivity contribution in [1.29, 1.82) is 0 Å². The molecule has 0 amide bonds. The van der Waals surface area contributed by atoms with Gasteiger partial charge in [0, 0.05) is 15.5 Å². The Morgan fingerprint density at radius 3 is 2.94 bits per heavy atom. The smallest absolute Gasteiger partial charge is 0.0441 e. The average Bonchev–Trinajstić information content (AvgIpc) is 2.98. The molecule has 2 unspecified atom stereocenters. The largest absolute Gasteiger partial charge is 0.314 e. The summed E-state index contributed by atoms with van der Waals surface area (Å²) >= 11 is 9.72. The average molecular weight is 303 g/mol. The van der Waals surface area contributed by atoms with Crippen LogP contribution in [0.1, 0.15) is 31.7 Å². The topological polar surface area (TPSA) is 12.0 Å². The first kappa shape index (κ1) is 12.4. The summed E-state index contributed by atoms with van der Waals surface area (Å²) in [7, 11) is 0. The lowest BCUT2D eigenvalue weighted by molar-refractivity contribution is 0.554. The molecule has 2 atom stereocenters. The third kappa shape index (κ3) is 2.99. The Hall–Kier alpha value is -0.0500. The molecule has 0 saturated heterocycles. The van der Waals surface area contributed by atoms with Gasteiger partial charge in [0.1, 0.15) is 0 Å². The molecule has 1 saturated carbocycles. The van der Waals surface area contributed by atoms with Gasteiger partial charge in [0.2, 0.25) is 0 Å². The first-order valence-electron chi connectivity index (χ1n) is 5.76. The van der Waals surface area contributed by atoms with E-state index < -0.39 is 0 Å². The molecule has 1 aromatic carbocycles. The molecule has 1 N–H and O–H groups in total. The van der Waals surface area contributed by atoms with Gasteiger partial charge in [-0.05, 0) is 48.6 Å². The summed E-state index contributed by atoms with van der Waals surface area (Å²) in [6.45, 7) is 5.47. The Labute approximate surface area is 111 Å². The van der Waals surface area contributed by atoms with Crippen molar-refractivity contribution in [2.45, 2.75) is 32.2 Å². The highest BCUT2D eigenvalue weighted by molar-refractivity contribution is 9.10. The second-order valence-corrected chi connectivity index (χ2v) is 6.15. The fourth-order valence-corrected chi connectivity index (χ4v) is 2.68. The number of nitrogens with one attached hydrogen (secondary N) is 1. The van der Waals surface area contributed by atoms with E-state index in [1.54, 1.807) is 0 Å². The lowest BCUT2D eigenvalue weighted by atomic mass is 10.1. The molecule has 1 aliphatic rings. The van der Waals surface area contributed by atoms with E-state index in [1.807, 2.05) is 12.1 Å². The molecule has 1 aromatic rings. The zero-order chi connectivity index (χ0) is 11.7. The molecule has 1 aliphatic carbocycles. The molecular weight excluding hydrogens is 286 g/mol. The number of hydrogen-bond donors (Lipinski definition) is 1. The predicted molar refractivity (Wildman–Crippen MR) is 73.1 cm³/mol. The second-order valence-electron chi connectivity index (χ2n) is 4.83. The Kier molecular flexibility index (Phi) is 3.93. The van der Waals surface area contributed by atoms with Crippen LogP contribution in [0.15, 0.2) is 22.7 Å². The normalized spacial score (nSPS) is 23.8. The van der Waals surface area contributed by atoms with Crippen LogP contribution in [-0.2, 0) is 0 Å². The van der Waals surface area contributed by atoms with Crippen molar-refractivity contribution in [2.24, 2.45) is 5.92 Å². The van der Waals surface area contributed by atoms with E-state index in [0.717, 1.165) is 22.0 Å². The Bertz CT molecular complexity index is 378. The summed E-state index contributed by atoms with van der Waals surface area (Å²) in [5.41, 5.74) is 1.30. The quantitative estimate of drug-likeness (QED) is 0.879. The van der Waals surface area contributed by atoms with E-state index in [4.69, 9.17) is 11.6 Å². The lowest BCUT2D eigenvalue weighted by Crippen LogP contribution is -2.25. The van der Waals surface area contributed by atoms with Gasteiger partial charge in [0.05, 0.1) is 0 Å². The van der Waals surface area contributed by atoms with Crippen LogP contribution in [0.5, 0.6) is 0 Å². The first-order valence-corrected chi connectivity index (χ1v) is 6.93. The highest BCUT2D eigenvalue weighted by Gasteiger charge is 2.39. The molecule has 88 valence electrons. The molecule has 0 heterocycles. The number of benzene rings is 1. The molecule has 16 heavy (non-hydrogen) atoms. The van der Waals surface area contributed by atoms with Crippen molar-refractivity contribution in [1.82, 2.24) is 5.32 Å². The SMILES string of the molecule is CC(C)NCC1CC1c1cc(Br)ccc1Cl.